The molecule has 0 saturated carbocycles. The van der Waals surface area contributed by atoms with Crippen LogP contribution in [0.15, 0.2) is 146 Å². The first kappa shape index (κ1) is 77.3. The number of rotatable bonds is 60. The molecule has 0 aliphatic carbocycles. The molecule has 0 aromatic heterocycles. The van der Waals surface area contributed by atoms with Gasteiger partial charge in [-0.15, -0.1) is 0 Å². The minimum Gasteiger partial charge on any atom is -0.462 e. The lowest BCUT2D eigenvalue weighted by Gasteiger charge is -2.18. The Morgan fingerprint density at radius 1 is 0.256 bits per heavy atom. The van der Waals surface area contributed by atoms with Crippen LogP contribution in [-0.2, 0) is 28.6 Å². The molecule has 0 fully saturated rings. The van der Waals surface area contributed by atoms with E-state index in [1.54, 1.807) is 0 Å². The summed E-state index contributed by atoms with van der Waals surface area (Å²) in [4.78, 5) is 38.4. The standard InChI is InChI=1S/C76H124O6/c1-4-7-10-13-16-19-22-25-28-30-32-33-34-35-36-37-38-39-40-41-42-43-45-46-48-51-54-57-60-63-66-69-75(78)81-72-73(71-80-74(77)68-65-62-59-56-53-50-27-24-21-18-15-12-9-6-3)82-76(79)70-67-64-61-58-55-52-49-47-44-31-29-26-23-20-17-14-11-8-5-2/h7,10,16-17,19-20,24-29,32-33,35-36,38-39,41-42,44-47,73H,4-6,8-9,11-15,18,21-23,30-31,34,37,40,43,48-72H2,1-3H3/b10-7-,19-16-,20-17-,27-24-,28-25-,29-26-,33-32-,36-35-,39-38-,42-41-,46-45-,47-44-. The van der Waals surface area contributed by atoms with Gasteiger partial charge in [-0.3, -0.25) is 14.4 Å². The number of unbranched alkanes of at least 4 members (excludes halogenated alkanes) is 25. The molecule has 82 heavy (non-hydrogen) atoms. The van der Waals surface area contributed by atoms with Gasteiger partial charge in [-0.1, -0.05) is 276 Å². The van der Waals surface area contributed by atoms with E-state index < -0.39 is 6.10 Å². The van der Waals surface area contributed by atoms with Crippen LogP contribution < -0.4 is 0 Å². The Morgan fingerprint density at radius 2 is 0.476 bits per heavy atom. The Morgan fingerprint density at radius 3 is 0.780 bits per heavy atom. The first-order valence-electron chi connectivity index (χ1n) is 33.8. The molecule has 0 spiro atoms. The summed E-state index contributed by atoms with van der Waals surface area (Å²) in [5, 5.41) is 0. The first-order valence-corrected chi connectivity index (χ1v) is 33.8. The van der Waals surface area contributed by atoms with Crippen molar-refractivity contribution in [3.63, 3.8) is 0 Å². The lowest BCUT2D eigenvalue weighted by atomic mass is 10.1. The van der Waals surface area contributed by atoms with Crippen molar-refractivity contribution in [2.24, 2.45) is 0 Å². The largest absolute Gasteiger partial charge is 0.462 e. The third kappa shape index (κ3) is 66.1. The van der Waals surface area contributed by atoms with E-state index in [0.29, 0.717) is 19.3 Å². The van der Waals surface area contributed by atoms with Crippen molar-refractivity contribution in [2.75, 3.05) is 13.2 Å². The number of carbonyl (C=O) groups excluding carboxylic acids is 3. The normalized spacial score (nSPS) is 13.1. The predicted octanol–water partition coefficient (Wildman–Crippen LogP) is 23.5. The van der Waals surface area contributed by atoms with Gasteiger partial charge in [0.05, 0.1) is 0 Å². The molecular formula is C76H124O6. The molecule has 0 aromatic carbocycles. The molecule has 0 radical (unpaired) electrons. The van der Waals surface area contributed by atoms with Crippen molar-refractivity contribution in [1.29, 1.82) is 0 Å². The number of esters is 3. The molecule has 0 aromatic rings. The van der Waals surface area contributed by atoms with Crippen molar-refractivity contribution in [1.82, 2.24) is 0 Å². The molecule has 1 unspecified atom stereocenters. The second kappa shape index (κ2) is 68.8. The van der Waals surface area contributed by atoms with Crippen LogP contribution in [0, 0.1) is 0 Å². The van der Waals surface area contributed by atoms with Crippen molar-refractivity contribution < 1.29 is 28.6 Å². The summed E-state index contributed by atoms with van der Waals surface area (Å²) in [5.74, 6) is -0.929. The third-order valence-corrected chi connectivity index (χ3v) is 14.0. The summed E-state index contributed by atoms with van der Waals surface area (Å²) in [5.41, 5.74) is 0. The molecule has 0 rings (SSSR count). The summed E-state index contributed by atoms with van der Waals surface area (Å²) in [6.45, 7) is 6.47. The van der Waals surface area contributed by atoms with Gasteiger partial charge >= 0.3 is 17.9 Å². The Bertz CT molecular complexity index is 1780. The topological polar surface area (TPSA) is 78.9 Å². The highest BCUT2D eigenvalue weighted by Gasteiger charge is 2.19. The second-order valence-electron chi connectivity index (χ2n) is 22.0. The molecule has 0 amide bonds. The lowest BCUT2D eigenvalue weighted by Crippen LogP contribution is -2.30. The number of hydrogen-bond donors (Lipinski definition) is 0. The number of hydrogen-bond acceptors (Lipinski definition) is 6. The molecule has 0 aliphatic heterocycles. The van der Waals surface area contributed by atoms with Crippen LogP contribution in [0.25, 0.3) is 0 Å². The lowest BCUT2D eigenvalue weighted by molar-refractivity contribution is -0.167. The number of ether oxygens (including phenoxy) is 3. The zero-order chi connectivity index (χ0) is 59.2. The Balaban J connectivity index is 4.39. The zero-order valence-corrected chi connectivity index (χ0v) is 53.2. The molecule has 0 saturated heterocycles. The minimum absolute atomic E-state index is 0.0962. The predicted molar refractivity (Wildman–Crippen MR) is 357 cm³/mol. The molecule has 6 nitrogen and oxygen atoms in total. The Kier molecular flexibility index (Phi) is 64.8. The van der Waals surface area contributed by atoms with E-state index in [1.165, 1.54) is 96.3 Å². The highest BCUT2D eigenvalue weighted by molar-refractivity contribution is 5.71. The quantitative estimate of drug-likeness (QED) is 0.0261. The maximum atomic E-state index is 12.9. The van der Waals surface area contributed by atoms with Crippen LogP contribution in [0.5, 0.6) is 0 Å². The summed E-state index contributed by atoms with van der Waals surface area (Å²) in [6, 6.07) is 0. The van der Waals surface area contributed by atoms with Gasteiger partial charge in [0.2, 0.25) is 0 Å². The van der Waals surface area contributed by atoms with Crippen LogP contribution in [0.1, 0.15) is 297 Å². The summed E-state index contributed by atoms with van der Waals surface area (Å²) < 4.78 is 16.9. The molecular weight excluding hydrogens is 1010 g/mol. The van der Waals surface area contributed by atoms with Crippen LogP contribution >= 0.6 is 0 Å². The van der Waals surface area contributed by atoms with Crippen molar-refractivity contribution in [2.45, 2.75) is 303 Å². The SMILES string of the molecule is CC/C=C\C/C=C\C/C=C\C/C=C\C/C=C\C/C=C\C/C=C\C/C=C\CCCCCCCCC(=O)OCC(COC(=O)CCCCCCC/C=C\CCCCCCC)OC(=O)CCCCCCCC/C=C\C/C=C\C/C=C\CCCCC. The Labute approximate surface area is 506 Å². The van der Waals surface area contributed by atoms with Crippen LogP contribution in [0.4, 0.5) is 0 Å². The highest BCUT2D eigenvalue weighted by atomic mass is 16.6. The summed E-state index contributed by atoms with van der Waals surface area (Å²) in [7, 11) is 0. The van der Waals surface area contributed by atoms with E-state index in [9.17, 15) is 14.4 Å². The monoisotopic (exact) mass is 1130 g/mol. The van der Waals surface area contributed by atoms with Gasteiger partial charge in [0.15, 0.2) is 6.10 Å². The van der Waals surface area contributed by atoms with Gasteiger partial charge in [-0.2, -0.15) is 0 Å². The Hall–Kier alpha value is -4.71. The molecule has 6 heteroatoms. The van der Waals surface area contributed by atoms with E-state index in [0.717, 1.165) is 161 Å². The molecule has 0 heterocycles. The average Bonchev–Trinajstić information content (AvgIpc) is 3.47. The summed E-state index contributed by atoms with van der Waals surface area (Å²) >= 11 is 0. The summed E-state index contributed by atoms with van der Waals surface area (Å²) in [6.07, 6.45) is 98.5. The zero-order valence-electron chi connectivity index (χ0n) is 53.2. The van der Waals surface area contributed by atoms with Gasteiger partial charge in [0.25, 0.3) is 0 Å². The third-order valence-electron chi connectivity index (χ3n) is 14.0. The van der Waals surface area contributed by atoms with Gasteiger partial charge in [-0.25, -0.2) is 0 Å². The van der Waals surface area contributed by atoms with Crippen LogP contribution in [-0.4, -0.2) is 37.2 Å². The first-order chi connectivity index (χ1) is 40.5. The fourth-order valence-corrected chi connectivity index (χ4v) is 8.99. The van der Waals surface area contributed by atoms with E-state index in [4.69, 9.17) is 14.2 Å². The van der Waals surface area contributed by atoms with Gasteiger partial charge < -0.3 is 14.2 Å². The van der Waals surface area contributed by atoms with E-state index in [1.807, 2.05) is 0 Å². The van der Waals surface area contributed by atoms with E-state index >= 15 is 0 Å². The molecule has 0 N–H and O–H groups in total. The van der Waals surface area contributed by atoms with E-state index in [2.05, 4.69) is 167 Å². The highest BCUT2D eigenvalue weighted by Crippen LogP contribution is 2.15. The fourth-order valence-electron chi connectivity index (χ4n) is 8.99. The molecule has 464 valence electrons. The maximum Gasteiger partial charge on any atom is 0.306 e. The van der Waals surface area contributed by atoms with Gasteiger partial charge in [0, 0.05) is 19.3 Å². The minimum atomic E-state index is -0.802. The second-order valence-corrected chi connectivity index (χ2v) is 22.0. The van der Waals surface area contributed by atoms with Crippen LogP contribution in [0.2, 0.25) is 0 Å². The van der Waals surface area contributed by atoms with Crippen molar-refractivity contribution >= 4 is 17.9 Å². The van der Waals surface area contributed by atoms with Crippen molar-refractivity contribution in [3.8, 4) is 0 Å². The maximum absolute atomic E-state index is 12.9. The number of carbonyl (C=O) groups is 3. The number of allylic oxidation sites excluding steroid dienone is 24. The van der Waals surface area contributed by atoms with Crippen molar-refractivity contribution in [3.05, 3.63) is 146 Å². The van der Waals surface area contributed by atoms with Gasteiger partial charge in [-0.05, 0) is 148 Å². The molecule has 0 bridgehead atoms. The molecule has 0 aliphatic rings. The average molecular weight is 1130 g/mol. The molecule has 1 atom stereocenters. The van der Waals surface area contributed by atoms with E-state index in [-0.39, 0.29) is 31.1 Å². The van der Waals surface area contributed by atoms with Gasteiger partial charge in [0.1, 0.15) is 13.2 Å². The fraction of sp³-hybridized carbons (Fsp3) is 0.645. The van der Waals surface area contributed by atoms with Crippen LogP contribution in [0.3, 0.4) is 0 Å². The smallest absolute Gasteiger partial charge is 0.306 e.